The minimum atomic E-state index is -0.698. The Labute approximate surface area is 100 Å². The normalized spacial score (nSPS) is 20.9. The highest BCUT2D eigenvalue weighted by Gasteiger charge is 2.23. The third kappa shape index (κ3) is 3.30. The second-order valence-corrected chi connectivity index (χ2v) is 4.68. The molecule has 0 aliphatic carbocycles. The van der Waals surface area contributed by atoms with Crippen molar-refractivity contribution in [1.29, 1.82) is 0 Å². The van der Waals surface area contributed by atoms with Crippen LogP contribution in [-0.4, -0.2) is 34.0 Å². The van der Waals surface area contributed by atoms with Crippen molar-refractivity contribution < 1.29 is 14.3 Å². The van der Waals surface area contributed by atoms with Crippen LogP contribution in [-0.2, 0) is 11.3 Å². The summed E-state index contributed by atoms with van der Waals surface area (Å²) in [6, 6.07) is 0. The van der Waals surface area contributed by atoms with Gasteiger partial charge in [-0.15, -0.1) is 0 Å². The first kappa shape index (κ1) is 12.1. The van der Waals surface area contributed by atoms with Crippen LogP contribution in [0.15, 0.2) is 10.8 Å². The highest BCUT2D eigenvalue weighted by atomic mass is 16.4. The average Bonchev–Trinajstić information content (AvgIpc) is 2.87. The first-order valence-corrected chi connectivity index (χ1v) is 5.98. The summed E-state index contributed by atoms with van der Waals surface area (Å²) in [6.45, 7) is 4.72. The Morgan fingerprint density at radius 1 is 1.71 bits per heavy atom. The van der Waals surface area contributed by atoms with Crippen molar-refractivity contribution in [2.24, 2.45) is 5.92 Å². The summed E-state index contributed by atoms with van der Waals surface area (Å²) in [4.78, 5) is 17.0. The molecule has 1 saturated heterocycles. The van der Waals surface area contributed by atoms with Crippen LogP contribution in [0.3, 0.4) is 0 Å². The maximum absolute atomic E-state index is 10.5. The number of carbonyl (C=O) groups is 1. The first-order chi connectivity index (χ1) is 8.15. The van der Waals surface area contributed by atoms with E-state index in [2.05, 4.69) is 9.88 Å². The van der Waals surface area contributed by atoms with Crippen molar-refractivity contribution in [1.82, 2.24) is 9.88 Å². The molecule has 0 bridgehead atoms. The number of hydrogen-bond donors (Lipinski definition) is 1. The topological polar surface area (TPSA) is 66.6 Å². The van der Waals surface area contributed by atoms with Crippen LogP contribution in [0.25, 0.3) is 0 Å². The molecule has 1 atom stereocenters. The predicted octanol–water partition coefficient (Wildman–Crippen LogP) is 1.67. The lowest BCUT2D eigenvalue weighted by Crippen LogP contribution is -2.21. The van der Waals surface area contributed by atoms with Crippen LogP contribution in [0.5, 0.6) is 0 Å². The molecule has 1 aromatic rings. The molecule has 1 aliphatic rings. The molecule has 1 N–H and O–H groups in total. The van der Waals surface area contributed by atoms with Gasteiger partial charge in [0.25, 0.3) is 0 Å². The van der Waals surface area contributed by atoms with E-state index in [0.717, 1.165) is 43.9 Å². The minimum Gasteiger partial charge on any atom is -0.481 e. The molecule has 0 spiro atoms. The number of aromatic nitrogens is 1. The van der Waals surface area contributed by atoms with Gasteiger partial charge in [0.2, 0.25) is 0 Å². The van der Waals surface area contributed by atoms with Gasteiger partial charge in [-0.25, -0.2) is 4.98 Å². The quantitative estimate of drug-likeness (QED) is 0.845. The van der Waals surface area contributed by atoms with Crippen LogP contribution in [0, 0.1) is 12.8 Å². The van der Waals surface area contributed by atoms with Crippen LogP contribution < -0.4 is 0 Å². The van der Waals surface area contributed by atoms with E-state index >= 15 is 0 Å². The van der Waals surface area contributed by atoms with Gasteiger partial charge < -0.3 is 9.52 Å². The van der Waals surface area contributed by atoms with E-state index in [0.29, 0.717) is 5.92 Å². The van der Waals surface area contributed by atoms with Gasteiger partial charge in [-0.05, 0) is 32.2 Å². The summed E-state index contributed by atoms with van der Waals surface area (Å²) in [5.41, 5.74) is 0.990. The first-order valence-electron chi connectivity index (χ1n) is 5.98. The van der Waals surface area contributed by atoms with E-state index in [1.165, 1.54) is 6.39 Å². The summed E-state index contributed by atoms with van der Waals surface area (Å²) in [6.07, 6.45) is 3.62. The molecule has 2 heterocycles. The van der Waals surface area contributed by atoms with Crippen LogP contribution in [0.4, 0.5) is 0 Å². The second kappa shape index (κ2) is 5.31. The summed E-state index contributed by atoms with van der Waals surface area (Å²) in [5, 5.41) is 8.65. The Morgan fingerprint density at radius 3 is 3.18 bits per heavy atom. The highest BCUT2D eigenvalue weighted by molar-refractivity contribution is 5.66. The molecule has 1 aliphatic heterocycles. The molecule has 94 valence electrons. The second-order valence-electron chi connectivity index (χ2n) is 4.68. The van der Waals surface area contributed by atoms with E-state index in [-0.39, 0.29) is 6.42 Å². The van der Waals surface area contributed by atoms with Crippen molar-refractivity contribution in [2.45, 2.75) is 32.7 Å². The van der Waals surface area contributed by atoms with Gasteiger partial charge in [0, 0.05) is 19.5 Å². The summed E-state index contributed by atoms with van der Waals surface area (Å²) < 4.78 is 5.17. The average molecular weight is 238 g/mol. The van der Waals surface area contributed by atoms with Crippen molar-refractivity contribution in [3.8, 4) is 0 Å². The van der Waals surface area contributed by atoms with Crippen LogP contribution in [0.1, 0.15) is 30.7 Å². The molecule has 0 amide bonds. The fourth-order valence-corrected chi connectivity index (χ4v) is 2.31. The van der Waals surface area contributed by atoms with Gasteiger partial charge in [-0.3, -0.25) is 9.69 Å². The number of carboxylic acid groups (broad SMARTS) is 1. The minimum absolute atomic E-state index is 0.279. The van der Waals surface area contributed by atoms with Crippen LogP contribution >= 0.6 is 0 Å². The largest absolute Gasteiger partial charge is 0.481 e. The molecule has 5 heteroatoms. The molecular weight excluding hydrogens is 220 g/mol. The number of aliphatic carboxylic acids is 1. The lowest BCUT2D eigenvalue weighted by atomic mass is 10.0. The standard InChI is InChI=1S/C12H18N2O3/c1-9-11(13-8-17-9)7-14-5-4-10(6-14)2-3-12(15)16/h8,10H,2-7H2,1H3,(H,15,16). The predicted molar refractivity (Wildman–Crippen MR) is 61.5 cm³/mol. The molecule has 17 heavy (non-hydrogen) atoms. The smallest absolute Gasteiger partial charge is 0.303 e. The molecule has 5 nitrogen and oxygen atoms in total. The van der Waals surface area contributed by atoms with E-state index < -0.39 is 5.97 Å². The molecule has 0 aromatic carbocycles. The van der Waals surface area contributed by atoms with Gasteiger partial charge in [-0.1, -0.05) is 0 Å². The van der Waals surface area contributed by atoms with E-state index in [1.807, 2.05) is 6.92 Å². The Balaban J connectivity index is 1.78. The number of carboxylic acids is 1. The van der Waals surface area contributed by atoms with Gasteiger partial charge in [-0.2, -0.15) is 0 Å². The van der Waals surface area contributed by atoms with E-state index in [1.54, 1.807) is 0 Å². The van der Waals surface area contributed by atoms with E-state index in [4.69, 9.17) is 9.52 Å². The van der Waals surface area contributed by atoms with Gasteiger partial charge in [0.05, 0.1) is 5.69 Å². The van der Waals surface area contributed by atoms with Crippen LogP contribution in [0.2, 0.25) is 0 Å². The molecule has 1 aromatic heterocycles. The molecule has 1 fully saturated rings. The Kier molecular flexibility index (Phi) is 3.78. The van der Waals surface area contributed by atoms with Crippen molar-refractivity contribution in [3.05, 3.63) is 17.8 Å². The van der Waals surface area contributed by atoms with Gasteiger partial charge in [0.15, 0.2) is 6.39 Å². The third-order valence-corrected chi connectivity index (χ3v) is 3.35. The van der Waals surface area contributed by atoms with Crippen molar-refractivity contribution >= 4 is 5.97 Å². The number of oxazole rings is 1. The fourth-order valence-electron chi connectivity index (χ4n) is 2.31. The molecule has 0 saturated carbocycles. The summed E-state index contributed by atoms with van der Waals surface area (Å²) in [7, 11) is 0. The Bertz CT molecular complexity index is 389. The maximum atomic E-state index is 10.5. The number of hydrogen-bond acceptors (Lipinski definition) is 4. The zero-order chi connectivity index (χ0) is 12.3. The summed E-state index contributed by atoms with van der Waals surface area (Å²) in [5.74, 6) is 0.688. The zero-order valence-corrected chi connectivity index (χ0v) is 10.1. The van der Waals surface area contributed by atoms with Crippen molar-refractivity contribution in [3.63, 3.8) is 0 Å². The molecule has 0 radical (unpaired) electrons. The number of rotatable bonds is 5. The number of nitrogens with zero attached hydrogens (tertiary/aromatic N) is 2. The number of likely N-dealkylation sites (tertiary alicyclic amines) is 1. The third-order valence-electron chi connectivity index (χ3n) is 3.35. The molecular formula is C12H18N2O3. The number of aryl methyl sites for hydroxylation is 1. The van der Waals surface area contributed by atoms with Gasteiger partial charge >= 0.3 is 5.97 Å². The SMILES string of the molecule is Cc1ocnc1CN1CCC(CCC(=O)O)C1. The molecule has 1 unspecified atom stereocenters. The zero-order valence-electron chi connectivity index (χ0n) is 10.1. The van der Waals surface area contributed by atoms with Crippen molar-refractivity contribution in [2.75, 3.05) is 13.1 Å². The Hall–Kier alpha value is -1.36. The fraction of sp³-hybridized carbons (Fsp3) is 0.667. The summed E-state index contributed by atoms with van der Waals surface area (Å²) >= 11 is 0. The lowest BCUT2D eigenvalue weighted by Gasteiger charge is -2.14. The molecule has 2 rings (SSSR count). The maximum Gasteiger partial charge on any atom is 0.303 e. The van der Waals surface area contributed by atoms with Gasteiger partial charge in [0.1, 0.15) is 5.76 Å². The Morgan fingerprint density at radius 2 is 2.53 bits per heavy atom. The highest BCUT2D eigenvalue weighted by Crippen LogP contribution is 2.22. The van der Waals surface area contributed by atoms with E-state index in [9.17, 15) is 4.79 Å². The lowest BCUT2D eigenvalue weighted by molar-refractivity contribution is -0.137. The monoisotopic (exact) mass is 238 g/mol.